The zero-order chi connectivity index (χ0) is 48.8. The van der Waals surface area contributed by atoms with E-state index in [1.807, 2.05) is 29.2 Å². The molecule has 0 spiro atoms. The highest BCUT2D eigenvalue weighted by Crippen LogP contribution is 2.52. The molecule has 1 amide bonds. The molecule has 0 bridgehead atoms. The van der Waals surface area contributed by atoms with Crippen molar-refractivity contribution < 1.29 is 50.8 Å². The van der Waals surface area contributed by atoms with E-state index in [1.54, 1.807) is 53.1 Å². The van der Waals surface area contributed by atoms with Crippen LogP contribution in [0.2, 0.25) is 5.02 Å². The molecule has 0 unspecified atom stereocenters. The molecular formula is C49H48ClF5N8O6. The van der Waals surface area contributed by atoms with Gasteiger partial charge in [0.05, 0.1) is 59.6 Å². The minimum Gasteiger partial charge on any atom is -0.497 e. The average Bonchev–Trinajstić information content (AvgIpc) is 3.78. The van der Waals surface area contributed by atoms with Crippen molar-refractivity contribution in [1.82, 2.24) is 24.8 Å². The van der Waals surface area contributed by atoms with Crippen LogP contribution in [-0.4, -0.2) is 94.8 Å². The molecule has 2 N–H and O–H groups in total. The summed E-state index contributed by atoms with van der Waals surface area (Å²) in [5, 5.41) is 11.4. The smallest absolute Gasteiger partial charge is 0.418 e. The van der Waals surface area contributed by atoms with Gasteiger partial charge in [-0.15, -0.1) is 0 Å². The molecule has 9 rings (SSSR count). The molecule has 2 saturated heterocycles. The maximum absolute atomic E-state index is 18.1. The second-order valence-corrected chi connectivity index (χ2v) is 17.8. The molecule has 0 aliphatic carbocycles. The molecule has 362 valence electrons. The molecule has 3 aliphatic heterocycles. The van der Waals surface area contributed by atoms with Crippen LogP contribution < -0.4 is 34.1 Å². The quantitative estimate of drug-likeness (QED) is 0.0999. The molecule has 3 aromatic heterocycles. The van der Waals surface area contributed by atoms with E-state index in [1.165, 1.54) is 33.4 Å². The summed E-state index contributed by atoms with van der Waals surface area (Å²) in [4.78, 5) is 35.6. The van der Waals surface area contributed by atoms with Crippen LogP contribution in [0.4, 0.5) is 44.2 Å². The molecule has 3 aliphatic rings. The molecule has 3 atom stereocenters. The monoisotopic (exact) mass is 974 g/mol. The zero-order valence-corrected chi connectivity index (χ0v) is 38.8. The van der Waals surface area contributed by atoms with Gasteiger partial charge in [0, 0.05) is 37.8 Å². The standard InChI is InChI=1S/C49H48ClF5N8O6/c1-27-21-35(61(23-29-8-12-32(66-3)13-9-29)24-30-10-14-33(67-4)15-11-30)57-41(38(27)49(53,54)55)36-39(50)43-37-42(40(36)52)58-46(69-26-48-16-6-18-62(48)25-31(51)22-48)60-45(37)63(19-20-68-43)28(2)34-7-5-17-56-44(34)59-47(64)65/h5,7-15,17,21,28,31H,6,16,18-20,22-26H2,1-4H3,(H,56,59)(H,64,65)/t28-,31-,48+/m1/s1. The maximum Gasteiger partial charge on any atom is 0.418 e. The second kappa shape index (κ2) is 19.0. The Balaban J connectivity index is 1.24. The number of benzene rings is 3. The molecule has 6 heterocycles. The van der Waals surface area contributed by atoms with E-state index in [9.17, 15) is 14.3 Å². The summed E-state index contributed by atoms with van der Waals surface area (Å²) < 4.78 is 103. The Morgan fingerprint density at radius 2 is 1.71 bits per heavy atom. The number of carboxylic acid groups (broad SMARTS) is 1. The maximum atomic E-state index is 18.1. The molecule has 20 heteroatoms. The lowest BCUT2D eigenvalue weighted by molar-refractivity contribution is -0.137. The van der Waals surface area contributed by atoms with Crippen LogP contribution in [0.15, 0.2) is 72.9 Å². The minimum atomic E-state index is -5.05. The highest BCUT2D eigenvalue weighted by Gasteiger charge is 2.50. The minimum absolute atomic E-state index is 0.0284. The first-order valence-electron chi connectivity index (χ1n) is 22.3. The predicted octanol–water partition coefficient (Wildman–Crippen LogP) is 10.4. The fraction of sp³-hybridized carbons (Fsp3) is 0.367. The SMILES string of the molecule is COc1ccc(CN(Cc2ccc(OC)cc2)c2cc(C)c(C(F)(F)F)c(-c3c(Cl)c4c5c(nc(OC[C@@]67CCCN6C[C@H](F)C7)nc5c3F)N([C@H](C)c3cccnc3NC(=O)O)CCO4)n2)cc1. The van der Waals surface area contributed by atoms with Crippen LogP contribution in [0.3, 0.4) is 0 Å². The number of halogens is 6. The third kappa shape index (κ3) is 9.28. The van der Waals surface area contributed by atoms with E-state index in [-0.39, 0.29) is 86.0 Å². The van der Waals surface area contributed by atoms with Crippen LogP contribution in [-0.2, 0) is 19.3 Å². The molecule has 6 aromatic rings. The van der Waals surface area contributed by atoms with Crippen LogP contribution in [0.5, 0.6) is 23.3 Å². The van der Waals surface area contributed by atoms with E-state index in [0.717, 1.165) is 17.5 Å². The third-order valence-corrected chi connectivity index (χ3v) is 13.5. The summed E-state index contributed by atoms with van der Waals surface area (Å²) in [7, 11) is 3.08. The number of fused-ring (bicyclic) bond motifs is 1. The van der Waals surface area contributed by atoms with Gasteiger partial charge in [0.15, 0.2) is 11.6 Å². The number of alkyl halides is 4. The van der Waals surface area contributed by atoms with Crippen LogP contribution in [0, 0.1) is 12.7 Å². The van der Waals surface area contributed by atoms with Crippen molar-refractivity contribution in [2.24, 2.45) is 0 Å². The van der Waals surface area contributed by atoms with Gasteiger partial charge in [-0.25, -0.2) is 23.5 Å². The Labute approximate surface area is 399 Å². The van der Waals surface area contributed by atoms with Gasteiger partial charge in [0.1, 0.15) is 53.9 Å². The number of methoxy groups -OCH3 is 2. The first-order chi connectivity index (χ1) is 33.1. The van der Waals surface area contributed by atoms with Crippen molar-refractivity contribution in [3.05, 3.63) is 112 Å². The molecule has 2 fully saturated rings. The fourth-order valence-corrected chi connectivity index (χ4v) is 10.2. The molecule has 3 aromatic carbocycles. The highest BCUT2D eigenvalue weighted by atomic mass is 35.5. The number of hydrogen-bond donors (Lipinski definition) is 2. The van der Waals surface area contributed by atoms with Gasteiger partial charge in [0.25, 0.3) is 0 Å². The fourth-order valence-electron chi connectivity index (χ4n) is 9.83. The number of carbonyl (C=O) groups is 1. The number of aryl methyl sites for hydroxylation is 1. The van der Waals surface area contributed by atoms with Gasteiger partial charge in [0.2, 0.25) is 0 Å². The Hall–Kier alpha value is -6.73. The van der Waals surface area contributed by atoms with Gasteiger partial charge in [-0.2, -0.15) is 23.1 Å². The third-order valence-electron chi connectivity index (χ3n) is 13.1. The summed E-state index contributed by atoms with van der Waals surface area (Å²) >= 11 is 7.18. The number of amides is 1. The number of aromatic nitrogens is 4. The van der Waals surface area contributed by atoms with E-state index in [0.29, 0.717) is 30.0 Å². The average molecular weight is 975 g/mol. The van der Waals surface area contributed by atoms with Crippen molar-refractivity contribution in [3.8, 4) is 34.5 Å². The Morgan fingerprint density at radius 3 is 2.35 bits per heavy atom. The molecular weight excluding hydrogens is 927 g/mol. The van der Waals surface area contributed by atoms with Crippen LogP contribution in [0.1, 0.15) is 60.0 Å². The zero-order valence-electron chi connectivity index (χ0n) is 38.0. The van der Waals surface area contributed by atoms with Gasteiger partial charge in [-0.05, 0) is 86.3 Å². The highest BCUT2D eigenvalue weighted by molar-refractivity contribution is 6.36. The molecule has 0 saturated carbocycles. The molecule has 14 nitrogen and oxygen atoms in total. The Bertz CT molecular complexity index is 2850. The van der Waals surface area contributed by atoms with Crippen LogP contribution in [0.25, 0.3) is 22.2 Å². The first-order valence-corrected chi connectivity index (χ1v) is 22.6. The first kappa shape index (κ1) is 47.3. The number of nitrogens with one attached hydrogen (secondary N) is 1. The van der Waals surface area contributed by atoms with Gasteiger partial charge < -0.3 is 33.9 Å². The van der Waals surface area contributed by atoms with Gasteiger partial charge >= 0.3 is 18.3 Å². The number of anilines is 3. The normalized spacial score (nSPS) is 18.3. The van der Waals surface area contributed by atoms with Crippen molar-refractivity contribution in [1.29, 1.82) is 0 Å². The number of pyridine rings is 2. The van der Waals surface area contributed by atoms with Crippen molar-refractivity contribution in [2.75, 3.05) is 62.2 Å². The van der Waals surface area contributed by atoms with Crippen molar-refractivity contribution in [2.45, 2.75) is 70.1 Å². The topological polar surface area (TPSA) is 148 Å². The summed E-state index contributed by atoms with van der Waals surface area (Å²) in [5.74, 6) is -0.0760. The van der Waals surface area contributed by atoms with Crippen molar-refractivity contribution in [3.63, 3.8) is 0 Å². The number of nitrogens with zero attached hydrogens (tertiary/aromatic N) is 7. The largest absolute Gasteiger partial charge is 0.497 e. The molecule has 0 radical (unpaired) electrons. The predicted molar refractivity (Wildman–Crippen MR) is 249 cm³/mol. The van der Waals surface area contributed by atoms with Gasteiger partial charge in [-0.1, -0.05) is 41.9 Å². The lowest BCUT2D eigenvalue weighted by atomic mass is 9.95. The van der Waals surface area contributed by atoms with Crippen molar-refractivity contribution >= 4 is 46.1 Å². The van der Waals surface area contributed by atoms with Crippen LogP contribution >= 0.6 is 11.6 Å². The summed E-state index contributed by atoms with van der Waals surface area (Å²) in [6, 6.07) is 17.9. The van der Waals surface area contributed by atoms with E-state index in [4.69, 9.17) is 35.5 Å². The lowest BCUT2D eigenvalue weighted by Crippen LogP contribution is -2.43. The second-order valence-electron chi connectivity index (χ2n) is 17.4. The number of ether oxygens (including phenoxy) is 4. The lowest BCUT2D eigenvalue weighted by Gasteiger charge is -2.32. The summed E-state index contributed by atoms with van der Waals surface area (Å²) in [6.45, 7) is 4.14. The van der Waals surface area contributed by atoms with Gasteiger partial charge in [-0.3, -0.25) is 10.2 Å². The Morgan fingerprint density at radius 1 is 1.03 bits per heavy atom. The number of hydrogen-bond acceptors (Lipinski definition) is 12. The Kier molecular flexibility index (Phi) is 13.0. The van der Waals surface area contributed by atoms with E-state index in [2.05, 4.69) is 20.3 Å². The summed E-state index contributed by atoms with van der Waals surface area (Å²) in [5.41, 5.74) is -2.15. The van der Waals surface area contributed by atoms with E-state index < -0.39 is 63.2 Å². The summed E-state index contributed by atoms with van der Waals surface area (Å²) in [6.07, 6.45) is -4.41. The molecule has 69 heavy (non-hydrogen) atoms. The van der Waals surface area contributed by atoms with E-state index >= 15 is 17.6 Å². The number of rotatable bonds is 14.